The lowest BCUT2D eigenvalue weighted by atomic mass is 10.1. The molecule has 2 N–H and O–H groups in total. The summed E-state index contributed by atoms with van der Waals surface area (Å²) in [6.07, 6.45) is 1.67. The van der Waals surface area contributed by atoms with Crippen molar-refractivity contribution in [1.82, 2.24) is 0 Å². The molecule has 1 aromatic carbocycles. The van der Waals surface area contributed by atoms with Gasteiger partial charge in [-0.2, -0.15) is 0 Å². The zero-order valence-electron chi connectivity index (χ0n) is 9.03. The summed E-state index contributed by atoms with van der Waals surface area (Å²) in [4.78, 5) is 4.50. The van der Waals surface area contributed by atoms with Gasteiger partial charge in [-0.25, -0.2) is 4.99 Å². The topological polar surface area (TPSA) is 47.6 Å². The Morgan fingerprint density at radius 2 is 2.38 bits per heavy atom. The van der Waals surface area contributed by atoms with Crippen molar-refractivity contribution in [3.8, 4) is 0 Å². The highest BCUT2D eigenvalue weighted by Crippen LogP contribution is 2.15. The molecule has 4 heteroatoms. The highest BCUT2D eigenvalue weighted by Gasteiger charge is 2.17. The van der Waals surface area contributed by atoms with Crippen molar-refractivity contribution in [2.75, 3.05) is 13.2 Å². The van der Waals surface area contributed by atoms with Gasteiger partial charge in [0.05, 0.1) is 6.04 Å². The molecule has 1 unspecified atom stereocenters. The van der Waals surface area contributed by atoms with Gasteiger partial charge in [-0.3, -0.25) is 0 Å². The third-order valence-corrected chi connectivity index (χ3v) is 3.01. The summed E-state index contributed by atoms with van der Waals surface area (Å²) in [6, 6.07) is 8.45. The van der Waals surface area contributed by atoms with Crippen molar-refractivity contribution in [3.63, 3.8) is 0 Å². The lowest BCUT2D eigenvalue weighted by Gasteiger charge is -2.02. The van der Waals surface area contributed by atoms with Crippen LogP contribution in [0.2, 0.25) is 0 Å². The van der Waals surface area contributed by atoms with Crippen molar-refractivity contribution in [2.45, 2.75) is 18.9 Å². The first kappa shape index (κ1) is 11.6. The lowest BCUT2D eigenvalue weighted by molar-refractivity contribution is 0.307. The molecule has 0 saturated carbocycles. The van der Waals surface area contributed by atoms with Crippen LogP contribution in [0, 0.1) is 0 Å². The average molecular weight is 283 g/mol. The number of aliphatic imine (C=N–C) groups is 1. The lowest BCUT2D eigenvalue weighted by Crippen LogP contribution is -2.12. The van der Waals surface area contributed by atoms with Crippen LogP contribution in [-0.2, 0) is 11.2 Å². The van der Waals surface area contributed by atoms with E-state index in [0.29, 0.717) is 13.2 Å². The maximum absolute atomic E-state index is 5.54. The molecule has 1 aromatic rings. The highest BCUT2D eigenvalue weighted by molar-refractivity contribution is 9.10. The molecule has 0 saturated heterocycles. The fourth-order valence-electron chi connectivity index (χ4n) is 1.73. The van der Waals surface area contributed by atoms with Gasteiger partial charge in [-0.15, -0.1) is 0 Å². The van der Waals surface area contributed by atoms with Crippen LogP contribution in [0.15, 0.2) is 33.7 Å². The van der Waals surface area contributed by atoms with E-state index in [2.05, 4.69) is 33.1 Å². The molecule has 1 aliphatic rings. The number of hydrogen-bond donors (Lipinski definition) is 1. The Hall–Kier alpha value is -0.870. The van der Waals surface area contributed by atoms with E-state index in [4.69, 9.17) is 10.5 Å². The molecule has 0 spiro atoms. The molecule has 1 atom stereocenters. The van der Waals surface area contributed by atoms with Gasteiger partial charge in [0, 0.05) is 10.9 Å². The molecule has 1 heterocycles. The molecule has 16 heavy (non-hydrogen) atoms. The van der Waals surface area contributed by atoms with Crippen LogP contribution in [0.4, 0.5) is 0 Å². The Bertz CT molecular complexity index is 392. The zero-order valence-corrected chi connectivity index (χ0v) is 10.6. The van der Waals surface area contributed by atoms with Gasteiger partial charge in [-0.1, -0.05) is 28.1 Å². The second-order valence-corrected chi connectivity index (χ2v) is 4.79. The predicted molar refractivity (Wildman–Crippen MR) is 68.7 cm³/mol. The van der Waals surface area contributed by atoms with E-state index >= 15 is 0 Å². The molecule has 0 aromatic heterocycles. The van der Waals surface area contributed by atoms with E-state index in [1.807, 2.05) is 12.1 Å². The van der Waals surface area contributed by atoms with Crippen LogP contribution in [-0.4, -0.2) is 25.1 Å². The van der Waals surface area contributed by atoms with E-state index < -0.39 is 0 Å². The molecule has 1 aliphatic heterocycles. The van der Waals surface area contributed by atoms with Crippen molar-refractivity contribution in [1.29, 1.82) is 0 Å². The van der Waals surface area contributed by atoms with Gasteiger partial charge in [0.15, 0.2) is 5.90 Å². The van der Waals surface area contributed by atoms with Gasteiger partial charge in [-0.05, 0) is 30.7 Å². The minimum absolute atomic E-state index is 0.257. The smallest absolute Gasteiger partial charge is 0.188 e. The van der Waals surface area contributed by atoms with E-state index in [9.17, 15) is 0 Å². The monoisotopic (exact) mass is 282 g/mol. The second-order valence-electron chi connectivity index (χ2n) is 3.87. The van der Waals surface area contributed by atoms with Gasteiger partial charge >= 0.3 is 0 Å². The van der Waals surface area contributed by atoms with Gasteiger partial charge in [0.25, 0.3) is 0 Å². The third kappa shape index (κ3) is 3.06. The van der Waals surface area contributed by atoms with Crippen LogP contribution in [0.5, 0.6) is 0 Å². The number of halogens is 1. The summed E-state index contributed by atoms with van der Waals surface area (Å²) in [5.74, 6) is 0.830. The van der Waals surface area contributed by atoms with Gasteiger partial charge in [0.1, 0.15) is 6.61 Å². The first-order valence-electron chi connectivity index (χ1n) is 5.42. The molecule has 0 amide bonds. The second kappa shape index (κ2) is 5.46. The van der Waals surface area contributed by atoms with Crippen molar-refractivity contribution >= 4 is 21.8 Å². The average Bonchev–Trinajstić information content (AvgIpc) is 2.66. The van der Waals surface area contributed by atoms with Crippen LogP contribution in [0.25, 0.3) is 0 Å². The molecule has 2 rings (SSSR count). The molecule has 3 nitrogen and oxygen atoms in total. The van der Waals surface area contributed by atoms with E-state index in [1.54, 1.807) is 0 Å². The van der Waals surface area contributed by atoms with Crippen molar-refractivity contribution in [3.05, 3.63) is 34.3 Å². The van der Waals surface area contributed by atoms with E-state index in [0.717, 1.165) is 23.2 Å². The molecule has 86 valence electrons. The van der Waals surface area contributed by atoms with Crippen LogP contribution in [0.1, 0.15) is 12.0 Å². The minimum Gasteiger partial charge on any atom is -0.478 e. The maximum atomic E-state index is 5.54. The summed E-state index contributed by atoms with van der Waals surface area (Å²) >= 11 is 3.45. The summed E-state index contributed by atoms with van der Waals surface area (Å²) in [5, 5.41) is 0. The molecule has 0 radical (unpaired) electrons. The van der Waals surface area contributed by atoms with Gasteiger partial charge in [0.2, 0.25) is 0 Å². The summed E-state index contributed by atoms with van der Waals surface area (Å²) in [6.45, 7) is 1.35. The quantitative estimate of drug-likeness (QED) is 0.920. The van der Waals surface area contributed by atoms with E-state index in [-0.39, 0.29) is 6.04 Å². The first-order valence-corrected chi connectivity index (χ1v) is 6.21. The van der Waals surface area contributed by atoms with E-state index in [1.165, 1.54) is 5.56 Å². The molecule has 0 aliphatic carbocycles. The van der Waals surface area contributed by atoms with Crippen LogP contribution >= 0.6 is 15.9 Å². The number of nitrogens with two attached hydrogens (primary N) is 1. The van der Waals surface area contributed by atoms with Gasteiger partial charge < -0.3 is 10.5 Å². The summed E-state index contributed by atoms with van der Waals surface area (Å²) < 4.78 is 6.63. The zero-order chi connectivity index (χ0) is 11.4. The number of hydrogen-bond acceptors (Lipinski definition) is 3. The number of ether oxygens (including phenoxy) is 1. The Morgan fingerprint density at radius 3 is 3.12 bits per heavy atom. The van der Waals surface area contributed by atoms with Crippen molar-refractivity contribution in [2.24, 2.45) is 10.7 Å². The number of nitrogens with zero attached hydrogens (tertiary/aromatic N) is 1. The Morgan fingerprint density at radius 1 is 1.50 bits per heavy atom. The Labute approximate surface area is 104 Å². The molecular weight excluding hydrogens is 268 g/mol. The fraction of sp³-hybridized carbons (Fsp3) is 0.417. The summed E-state index contributed by atoms with van der Waals surface area (Å²) in [7, 11) is 0. The molecule has 0 fully saturated rings. The SMILES string of the molecule is NCCC1COC(Cc2cccc(Br)c2)=N1. The Balaban J connectivity index is 1.98. The molecule has 0 bridgehead atoms. The van der Waals surface area contributed by atoms with Crippen LogP contribution < -0.4 is 5.73 Å². The third-order valence-electron chi connectivity index (χ3n) is 2.51. The van der Waals surface area contributed by atoms with Crippen molar-refractivity contribution < 1.29 is 4.74 Å². The summed E-state index contributed by atoms with van der Waals surface area (Å²) in [5.41, 5.74) is 6.70. The largest absolute Gasteiger partial charge is 0.478 e. The number of rotatable bonds is 4. The molecular formula is C12H15BrN2O. The standard InChI is InChI=1S/C12H15BrN2O/c13-10-3-1-2-9(6-10)7-12-15-11(4-5-14)8-16-12/h1-3,6,11H,4-5,7-8,14H2. The maximum Gasteiger partial charge on any atom is 0.188 e. The minimum atomic E-state index is 0.257. The predicted octanol–water partition coefficient (Wildman–Crippen LogP) is 2.14. The highest BCUT2D eigenvalue weighted by atomic mass is 79.9. The Kier molecular flexibility index (Phi) is 3.96. The normalized spacial score (nSPS) is 19.4. The fourth-order valence-corrected chi connectivity index (χ4v) is 2.18. The first-order chi connectivity index (χ1) is 7.78. The van der Waals surface area contributed by atoms with Crippen LogP contribution in [0.3, 0.4) is 0 Å². The number of benzene rings is 1.